The molecular weight excluding hydrogens is 340 g/mol. The van der Waals surface area contributed by atoms with Crippen LogP contribution in [0.25, 0.3) is 10.9 Å². The number of pyridine rings is 1. The van der Waals surface area contributed by atoms with Crippen molar-refractivity contribution in [2.45, 2.75) is 26.7 Å². The minimum absolute atomic E-state index is 0.200. The SMILES string of the molecule is COC(=O)c1ccc(C)c(NC(=O)c2cc(C(C)C)nc3ccccc23)c1. The topological polar surface area (TPSA) is 68.3 Å². The third-order valence-electron chi connectivity index (χ3n) is 4.48. The lowest BCUT2D eigenvalue weighted by Gasteiger charge is -2.14. The number of benzene rings is 2. The van der Waals surface area contributed by atoms with Crippen molar-refractivity contribution in [1.29, 1.82) is 0 Å². The number of aryl methyl sites for hydroxylation is 1. The maximum absolute atomic E-state index is 13.1. The molecule has 1 heterocycles. The third kappa shape index (κ3) is 3.82. The zero-order valence-electron chi connectivity index (χ0n) is 15.9. The van der Waals surface area contributed by atoms with Crippen LogP contribution in [0.15, 0.2) is 48.5 Å². The van der Waals surface area contributed by atoms with Crippen molar-refractivity contribution in [3.8, 4) is 0 Å². The number of hydrogen-bond acceptors (Lipinski definition) is 4. The fraction of sp³-hybridized carbons (Fsp3) is 0.227. The van der Waals surface area contributed by atoms with Crippen LogP contribution >= 0.6 is 0 Å². The van der Waals surface area contributed by atoms with Gasteiger partial charge in [-0.05, 0) is 42.7 Å². The lowest BCUT2D eigenvalue weighted by Crippen LogP contribution is -2.15. The van der Waals surface area contributed by atoms with Crippen LogP contribution < -0.4 is 5.32 Å². The summed E-state index contributed by atoms with van der Waals surface area (Å²) >= 11 is 0. The molecule has 138 valence electrons. The molecule has 0 aliphatic carbocycles. The smallest absolute Gasteiger partial charge is 0.337 e. The Morgan fingerprint density at radius 2 is 1.81 bits per heavy atom. The summed E-state index contributed by atoms with van der Waals surface area (Å²) in [7, 11) is 1.33. The Labute approximate surface area is 158 Å². The Balaban J connectivity index is 2.03. The molecule has 0 aliphatic rings. The van der Waals surface area contributed by atoms with E-state index in [2.05, 4.69) is 10.3 Å². The van der Waals surface area contributed by atoms with Gasteiger partial charge in [-0.25, -0.2) is 4.79 Å². The second kappa shape index (κ2) is 7.58. The van der Waals surface area contributed by atoms with Crippen LogP contribution in [-0.2, 0) is 4.74 Å². The first-order valence-electron chi connectivity index (χ1n) is 8.80. The number of carbonyl (C=O) groups is 2. The van der Waals surface area contributed by atoms with Gasteiger partial charge in [0, 0.05) is 16.8 Å². The Morgan fingerprint density at radius 1 is 1.07 bits per heavy atom. The number of methoxy groups -OCH3 is 1. The van der Waals surface area contributed by atoms with Crippen molar-refractivity contribution in [2.75, 3.05) is 12.4 Å². The van der Waals surface area contributed by atoms with Gasteiger partial charge in [0.2, 0.25) is 0 Å². The van der Waals surface area contributed by atoms with Gasteiger partial charge in [-0.1, -0.05) is 38.1 Å². The molecule has 0 atom stereocenters. The molecule has 0 saturated heterocycles. The molecule has 2 aromatic carbocycles. The highest BCUT2D eigenvalue weighted by Gasteiger charge is 2.16. The highest BCUT2D eigenvalue weighted by Crippen LogP contribution is 2.24. The van der Waals surface area contributed by atoms with Gasteiger partial charge in [-0.3, -0.25) is 9.78 Å². The number of hydrogen-bond donors (Lipinski definition) is 1. The van der Waals surface area contributed by atoms with E-state index >= 15 is 0 Å². The van der Waals surface area contributed by atoms with E-state index in [-0.39, 0.29) is 11.8 Å². The van der Waals surface area contributed by atoms with E-state index in [0.29, 0.717) is 16.8 Å². The van der Waals surface area contributed by atoms with Gasteiger partial charge in [0.15, 0.2) is 0 Å². The van der Waals surface area contributed by atoms with Gasteiger partial charge in [0.1, 0.15) is 0 Å². The highest BCUT2D eigenvalue weighted by molar-refractivity contribution is 6.13. The number of amides is 1. The molecule has 5 nitrogen and oxygen atoms in total. The molecule has 1 aromatic heterocycles. The van der Waals surface area contributed by atoms with Crippen molar-refractivity contribution in [3.63, 3.8) is 0 Å². The fourth-order valence-corrected chi connectivity index (χ4v) is 2.87. The Hall–Kier alpha value is -3.21. The Bertz CT molecular complexity index is 1030. The third-order valence-corrected chi connectivity index (χ3v) is 4.48. The average Bonchev–Trinajstić information content (AvgIpc) is 2.67. The summed E-state index contributed by atoms with van der Waals surface area (Å²) in [6, 6.07) is 14.5. The average molecular weight is 362 g/mol. The van der Waals surface area contributed by atoms with E-state index < -0.39 is 5.97 Å². The number of ether oxygens (including phenoxy) is 1. The zero-order chi connectivity index (χ0) is 19.6. The van der Waals surface area contributed by atoms with Gasteiger partial charge in [-0.15, -0.1) is 0 Å². The summed E-state index contributed by atoms with van der Waals surface area (Å²) in [6.07, 6.45) is 0. The van der Waals surface area contributed by atoms with E-state index in [1.54, 1.807) is 18.2 Å². The molecule has 0 radical (unpaired) electrons. The molecular formula is C22H22N2O3. The monoisotopic (exact) mass is 362 g/mol. The molecule has 0 saturated carbocycles. The first kappa shape index (κ1) is 18.6. The van der Waals surface area contributed by atoms with Crippen molar-refractivity contribution in [3.05, 3.63) is 70.9 Å². The summed E-state index contributed by atoms with van der Waals surface area (Å²) < 4.78 is 4.76. The number of fused-ring (bicyclic) bond motifs is 1. The first-order chi connectivity index (χ1) is 12.9. The molecule has 0 unspecified atom stereocenters. The summed E-state index contributed by atoms with van der Waals surface area (Å²) in [5, 5.41) is 3.72. The maximum Gasteiger partial charge on any atom is 0.337 e. The van der Waals surface area contributed by atoms with Gasteiger partial charge in [0.05, 0.1) is 23.8 Å². The second-order valence-corrected chi connectivity index (χ2v) is 6.74. The summed E-state index contributed by atoms with van der Waals surface area (Å²) in [5.74, 6) is -0.479. The number of esters is 1. The van der Waals surface area contributed by atoms with Crippen LogP contribution in [0.1, 0.15) is 51.7 Å². The van der Waals surface area contributed by atoms with Crippen LogP contribution in [0.3, 0.4) is 0 Å². The second-order valence-electron chi connectivity index (χ2n) is 6.74. The largest absolute Gasteiger partial charge is 0.465 e. The zero-order valence-corrected chi connectivity index (χ0v) is 15.9. The summed E-state index contributed by atoms with van der Waals surface area (Å²) in [6.45, 7) is 5.96. The fourth-order valence-electron chi connectivity index (χ4n) is 2.87. The minimum atomic E-state index is -0.443. The molecule has 0 bridgehead atoms. The molecule has 1 N–H and O–H groups in total. The van der Waals surface area contributed by atoms with Crippen LogP contribution in [0.2, 0.25) is 0 Å². The number of nitrogens with zero attached hydrogens (tertiary/aromatic N) is 1. The molecule has 27 heavy (non-hydrogen) atoms. The van der Waals surface area contributed by atoms with Crippen LogP contribution in [-0.4, -0.2) is 24.0 Å². The van der Waals surface area contributed by atoms with Crippen molar-refractivity contribution >= 4 is 28.5 Å². The van der Waals surface area contributed by atoms with E-state index in [0.717, 1.165) is 22.2 Å². The van der Waals surface area contributed by atoms with Crippen LogP contribution in [0, 0.1) is 6.92 Å². The number of carbonyl (C=O) groups excluding carboxylic acids is 2. The molecule has 3 rings (SSSR count). The first-order valence-corrected chi connectivity index (χ1v) is 8.80. The predicted molar refractivity (Wildman–Crippen MR) is 106 cm³/mol. The summed E-state index contributed by atoms with van der Waals surface area (Å²) in [4.78, 5) is 29.5. The van der Waals surface area contributed by atoms with Crippen molar-refractivity contribution in [1.82, 2.24) is 4.98 Å². The normalized spacial score (nSPS) is 10.9. The summed E-state index contributed by atoms with van der Waals surface area (Å²) in [5.41, 5.74) is 4.04. The lowest BCUT2D eigenvalue weighted by molar-refractivity contribution is 0.0600. The number of anilines is 1. The molecule has 3 aromatic rings. The van der Waals surface area contributed by atoms with Crippen molar-refractivity contribution in [2.24, 2.45) is 0 Å². The minimum Gasteiger partial charge on any atom is -0.465 e. The predicted octanol–water partition coefficient (Wildman–Crippen LogP) is 4.71. The van der Waals surface area contributed by atoms with Crippen LogP contribution in [0.5, 0.6) is 0 Å². The van der Waals surface area contributed by atoms with E-state index in [1.165, 1.54) is 7.11 Å². The number of para-hydroxylation sites is 1. The van der Waals surface area contributed by atoms with E-state index in [1.807, 2.05) is 51.1 Å². The molecule has 5 heteroatoms. The number of aromatic nitrogens is 1. The Morgan fingerprint density at radius 3 is 2.52 bits per heavy atom. The molecule has 0 aliphatic heterocycles. The van der Waals surface area contributed by atoms with Gasteiger partial charge in [-0.2, -0.15) is 0 Å². The van der Waals surface area contributed by atoms with E-state index in [9.17, 15) is 9.59 Å². The number of rotatable bonds is 4. The quantitative estimate of drug-likeness (QED) is 0.683. The van der Waals surface area contributed by atoms with Crippen molar-refractivity contribution < 1.29 is 14.3 Å². The molecule has 0 fully saturated rings. The van der Waals surface area contributed by atoms with Gasteiger partial charge in [0.25, 0.3) is 5.91 Å². The molecule has 1 amide bonds. The van der Waals surface area contributed by atoms with Crippen LogP contribution in [0.4, 0.5) is 5.69 Å². The van der Waals surface area contributed by atoms with Gasteiger partial charge < -0.3 is 10.1 Å². The highest BCUT2D eigenvalue weighted by atomic mass is 16.5. The maximum atomic E-state index is 13.1. The standard InChI is InChI=1S/C22H22N2O3/c1-13(2)19-12-17(16-7-5-6-8-18(16)23-19)21(25)24-20-11-15(22(26)27-4)10-9-14(20)3/h5-13H,1-4H3,(H,24,25). The number of nitrogens with one attached hydrogen (secondary N) is 1. The van der Waals surface area contributed by atoms with E-state index in [4.69, 9.17) is 4.74 Å². The Kier molecular flexibility index (Phi) is 5.21. The van der Waals surface area contributed by atoms with Gasteiger partial charge >= 0.3 is 5.97 Å². The lowest BCUT2D eigenvalue weighted by atomic mass is 10.0. The molecule has 0 spiro atoms.